The van der Waals surface area contributed by atoms with Crippen molar-refractivity contribution >= 4 is 11.5 Å². The highest BCUT2D eigenvalue weighted by Crippen LogP contribution is 2.28. The number of nitrogen functional groups attached to an aromatic ring is 1. The molecule has 3 N–H and O–H groups in total. The molecule has 6 nitrogen and oxygen atoms in total. The van der Waals surface area contributed by atoms with Crippen molar-refractivity contribution < 1.29 is 9.47 Å². The van der Waals surface area contributed by atoms with E-state index in [0.717, 1.165) is 5.56 Å². The van der Waals surface area contributed by atoms with Crippen LogP contribution < -0.4 is 15.8 Å². The monoisotopic (exact) mass is 302 g/mol. The van der Waals surface area contributed by atoms with Crippen LogP contribution in [-0.4, -0.2) is 30.3 Å². The molecule has 118 valence electrons. The standard InChI is InChI=1S/C16H22N4O2/c1-11(13-7-5-4-6-8-13)18-15-14(17)16(20-12(2)19-15)22-10-9-21-3/h4-8,11H,9-10,17H2,1-3H3,(H,18,19,20). The fraction of sp³-hybridized carbons (Fsp3) is 0.375. The molecule has 0 radical (unpaired) electrons. The minimum Gasteiger partial charge on any atom is -0.474 e. The van der Waals surface area contributed by atoms with Crippen molar-refractivity contribution in [2.24, 2.45) is 0 Å². The lowest BCUT2D eigenvalue weighted by Crippen LogP contribution is -2.14. The summed E-state index contributed by atoms with van der Waals surface area (Å²) in [5.74, 6) is 1.56. The Morgan fingerprint density at radius 2 is 1.91 bits per heavy atom. The number of ether oxygens (including phenoxy) is 2. The Hall–Kier alpha value is -2.34. The van der Waals surface area contributed by atoms with Gasteiger partial charge in [-0.25, -0.2) is 4.98 Å². The molecule has 0 saturated heterocycles. The van der Waals surface area contributed by atoms with E-state index in [2.05, 4.69) is 34.3 Å². The van der Waals surface area contributed by atoms with Gasteiger partial charge in [0.05, 0.1) is 12.6 Å². The van der Waals surface area contributed by atoms with Gasteiger partial charge in [-0.05, 0) is 19.4 Å². The first-order valence-electron chi connectivity index (χ1n) is 7.19. The lowest BCUT2D eigenvalue weighted by atomic mass is 10.1. The predicted molar refractivity (Wildman–Crippen MR) is 87.0 cm³/mol. The number of aryl methyl sites for hydroxylation is 1. The summed E-state index contributed by atoms with van der Waals surface area (Å²) in [6.45, 7) is 4.73. The largest absolute Gasteiger partial charge is 0.474 e. The van der Waals surface area contributed by atoms with Crippen molar-refractivity contribution in [2.75, 3.05) is 31.4 Å². The molecule has 6 heteroatoms. The molecule has 22 heavy (non-hydrogen) atoms. The van der Waals surface area contributed by atoms with Crippen molar-refractivity contribution in [2.45, 2.75) is 19.9 Å². The topological polar surface area (TPSA) is 82.3 Å². The van der Waals surface area contributed by atoms with Crippen LogP contribution >= 0.6 is 0 Å². The molecule has 0 fully saturated rings. The van der Waals surface area contributed by atoms with Crippen LogP contribution in [0.4, 0.5) is 11.5 Å². The minimum atomic E-state index is 0.0737. The van der Waals surface area contributed by atoms with E-state index < -0.39 is 0 Å². The Bertz CT molecular complexity index is 605. The van der Waals surface area contributed by atoms with Crippen LogP contribution in [0.2, 0.25) is 0 Å². The number of rotatable bonds is 7. The lowest BCUT2D eigenvalue weighted by molar-refractivity contribution is 0.144. The smallest absolute Gasteiger partial charge is 0.242 e. The molecule has 1 unspecified atom stereocenters. The van der Waals surface area contributed by atoms with Gasteiger partial charge < -0.3 is 20.5 Å². The van der Waals surface area contributed by atoms with E-state index in [-0.39, 0.29) is 6.04 Å². The maximum atomic E-state index is 6.11. The fourth-order valence-corrected chi connectivity index (χ4v) is 2.03. The van der Waals surface area contributed by atoms with E-state index in [4.69, 9.17) is 15.2 Å². The van der Waals surface area contributed by atoms with Crippen LogP contribution in [0.1, 0.15) is 24.4 Å². The molecular weight excluding hydrogens is 280 g/mol. The van der Waals surface area contributed by atoms with Gasteiger partial charge in [0.1, 0.15) is 18.1 Å². The number of nitrogens with zero attached hydrogens (tertiary/aromatic N) is 2. The first-order chi connectivity index (χ1) is 10.6. The molecule has 0 spiro atoms. The van der Waals surface area contributed by atoms with Crippen LogP contribution in [-0.2, 0) is 4.74 Å². The minimum absolute atomic E-state index is 0.0737. The number of nitrogens with one attached hydrogen (secondary N) is 1. The van der Waals surface area contributed by atoms with Crippen LogP contribution in [0.15, 0.2) is 30.3 Å². The second-order valence-electron chi connectivity index (χ2n) is 4.96. The zero-order chi connectivity index (χ0) is 15.9. The molecule has 0 saturated carbocycles. The van der Waals surface area contributed by atoms with E-state index in [9.17, 15) is 0 Å². The second-order valence-corrected chi connectivity index (χ2v) is 4.96. The van der Waals surface area contributed by atoms with Crippen LogP contribution in [0, 0.1) is 6.92 Å². The molecule has 0 aliphatic heterocycles. The van der Waals surface area contributed by atoms with Crippen LogP contribution in [0.25, 0.3) is 0 Å². The highest BCUT2D eigenvalue weighted by Gasteiger charge is 2.14. The average molecular weight is 302 g/mol. The molecule has 1 aromatic heterocycles. The number of methoxy groups -OCH3 is 1. The quantitative estimate of drug-likeness (QED) is 0.765. The Balaban J connectivity index is 2.16. The summed E-state index contributed by atoms with van der Waals surface area (Å²) in [7, 11) is 1.62. The Labute approximate surface area is 130 Å². The molecule has 0 amide bonds. The summed E-state index contributed by atoms with van der Waals surface area (Å²) >= 11 is 0. The van der Waals surface area contributed by atoms with Crippen molar-refractivity contribution in [1.29, 1.82) is 0 Å². The van der Waals surface area contributed by atoms with Crippen LogP contribution in [0.5, 0.6) is 5.88 Å². The van der Waals surface area contributed by atoms with Crippen molar-refractivity contribution in [1.82, 2.24) is 9.97 Å². The highest BCUT2D eigenvalue weighted by molar-refractivity contribution is 5.67. The van der Waals surface area contributed by atoms with Crippen molar-refractivity contribution in [3.63, 3.8) is 0 Å². The van der Waals surface area contributed by atoms with Gasteiger partial charge in [0, 0.05) is 7.11 Å². The van der Waals surface area contributed by atoms with Gasteiger partial charge in [-0.15, -0.1) is 0 Å². The predicted octanol–water partition coefficient (Wildman–Crippen LogP) is 2.57. The normalized spacial score (nSPS) is 12.0. The zero-order valence-electron chi connectivity index (χ0n) is 13.2. The van der Waals surface area contributed by atoms with Crippen molar-refractivity contribution in [3.8, 4) is 5.88 Å². The third kappa shape index (κ3) is 4.08. The second kappa shape index (κ2) is 7.61. The molecular formula is C16H22N4O2. The van der Waals surface area contributed by atoms with Gasteiger partial charge in [0.2, 0.25) is 5.88 Å². The summed E-state index contributed by atoms with van der Waals surface area (Å²) in [5.41, 5.74) is 7.67. The summed E-state index contributed by atoms with van der Waals surface area (Å²) in [6.07, 6.45) is 0. The number of aromatic nitrogens is 2. The van der Waals surface area contributed by atoms with Gasteiger partial charge in [0.25, 0.3) is 0 Å². The van der Waals surface area contributed by atoms with E-state index in [1.54, 1.807) is 14.0 Å². The molecule has 2 rings (SSSR count). The van der Waals surface area contributed by atoms with Gasteiger partial charge >= 0.3 is 0 Å². The highest BCUT2D eigenvalue weighted by atomic mass is 16.5. The molecule has 2 aromatic rings. The van der Waals surface area contributed by atoms with E-state index in [0.29, 0.717) is 36.4 Å². The summed E-state index contributed by atoms with van der Waals surface area (Å²) in [6, 6.07) is 10.2. The molecule has 1 heterocycles. The first-order valence-corrected chi connectivity index (χ1v) is 7.19. The van der Waals surface area contributed by atoms with Gasteiger partial charge in [0.15, 0.2) is 5.82 Å². The Morgan fingerprint density at radius 3 is 2.59 bits per heavy atom. The fourth-order valence-electron chi connectivity index (χ4n) is 2.03. The summed E-state index contributed by atoms with van der Waals surface area (Å²) in [4.78, 5) is 8.60. The number of anilines is 2. The average Bonchev–Trinajstić information content (AvgIpc) is 2.52. The zero-order valence-corrected chi connectivity index (χ0v) is 13.2. The van der Waals surface area contributed by atoms with Crippen molar-refractivity contribution in [3.05, 3.63) is 41.7 Å². The molecule has 0 aliphatic carbocycles. The number of nitrogens with two attached hydrogens (primary N) is 1. The third-order valence-corrected chi connectivity index (χ3v) is 3.20. The maximum Gasteiger partial charge on any atom is 0.242 e. The van der Waals surface area contributed by atoms with Gasteiger partial charge in [-0.2, -0.15) is 4.98 Å². The maximum absolute atomic E-state index is 6.11. The Kier molecular flexibility index (Phi) is 5.55. The number of hydrogen-bond acceptors (Lipinski definition) is 6. The summed E-state index contributed by atoms with van der Waals surface area (Å²) < 4.78 is 10.5. The first kappa shape index (κ1) is 16.0. The molecule has 0 aliphatic rings. The van der Waals surface area contributed by atoms with E-state index in [1.165, 1.54) is 0 Å². The van der Waals surface area contributed by atoms with Gasteiger partial charge in [-0.1, -0.05) is 30.3 Å². The summed E-state index contributed by atoms with van der Waals surface area (Å²) in [5, 5.41) is 3.31. The molecule has 1 aromatic carbocycles. The SMILES string of the molecule is COCCOc1nc(C)nc(NC(C)c2ccccc2)c1N. The molecule has 1 atom stereocenters. The van der Waals surface area contributed by atoms with E-state index in [1.807, 2.05) is 18.2 Å². The Morgan fingerprint density at radius 1 is 1.18 bits per heavy atom. The van der Waals surface area contributed by atoms with Gasteiger partial charge in [-0.3, -0.25) is 0 Å². The van der Waals surface area contributed by atoms with E-state index >= 15 is 0 Å². The number of hydrogen-bond donors (Lipinski definition) is 2. The van der Waals surface area contributed by atoms with Crippen LogP contribution in [0.3, 0.4) is 0 Å². The molecule has 0 bridgehead atoms. The lowest BCUT2D eigenvalue weighted by Gasteiger charge is -2.18. The number of benzene rings is 1. The third-order valence-electron chi connectivity index (χ3n) is 3.20.